The summed E-state index contributed by atoms with van der Waals surface area (Å²) in [6.45, 7) is 4.79. The van der Waals surface area contributed by atoms with E-state index in [-0.39, 0.29) is 5.91 Å². The third kappa shape index (κ3) is 4.36. The molecule has 0 aliphatic carbocycles. The number of nitrogens with zero attached hydrogens (tertiary/aromatic N) is 2. The van der Waals surface area contributed by atoms with Crippen molar-refractivity contribution in [3.05, 3.63) is 46.3 Å². The number of thiophene rings is 1. The van der Waals surface area contributed by atoms with Crippen molar-refractivity contribution in [2.24, 2.45) is 5.73 Å². The fourth-order valence-corrected chi connectivity index (χ4v) is 4.15. The number of carbonyl (C=O) groups is 1. The Hall–Kier alpha value is -1.40. The van der Waals surface area contributed by atoms with Crippen LogP contribution in [0.15, 0.2) is 36.4 Å². The average molecular weight is 364 g/mol. The molecule has 1 fully saturated rings. The van der Waals surface area contributed by atoms with E-state index in [1.807, 2.05) is 23.1 Å². The highest BCUT2D eigenvalue weighted by molar-refractivity contribution is 7.15. The standard InChI is InChI=1S/C18H22ClN3OS/c19-15-3-1-2-14(12-15)17-5-4-16(24-17)13-21-8-10-22(11-9-21)18(23)6-7-20/h1-5,12H,6-11,13,20H2. The lowest BCUT2D eigenvalue weighted by Gasteiger charge is -2.34. The van der Waals surface area contributed by atoms with Gasteiger partial charge in [-0.1, -0.05) is 23.7 Å². The number of benzene rings is 1. The van der Waals surface area contributed by atoms with Crippen LogP contribution in [0.2, 0.25) is 5.02 Å². The first-order chi connectivity index (χ1) is 11.7. The molecule has 0 spiro atoms. The van der Waals surface area contributed by atoms with Gasteiger partial charge in [0.15, 0.2) is 0 Å². The van der Waals surface area contributed by atoms with Gasteiger partial charge in [-0.3, -0.25) is 9.69 Å². The highest BCUT2D eigenvalue weighted by Crippen LogP contribution is 2.30. The van der Waals surface area contributed by atoms with E-state index < -0.39 is 0 Å². The second kappa shape index (κ2) is 8.12. The van der Waals surface area contributed by atoms with Gasteiger partial charge in [0.2, 0.25) is 5.91 Å². The number of rotatable bonds is 5. The zero-order valence-corrected chi connectivity index (χ0v) is 15.2. The molecule has 0 saturated carbocycles. The van der Waals surface area contributed by atoms with Crippen LogP contribution in [0.3, 0.4) is 0 Å². The molecule has 0 atom stereocenters. The minimum Gasteiger partial charge on any atom is -0.340 e. The summed E-state index contributed by atoms with van der Waals surface area (Å²) in [6, 6.07) is 12.3. The molecule has 2 N–H and O–H groups in total. The highest BCUT2D eigenvalue weighted by atomic mass is 35.5. The largest absolute Gasteiger partial charge is 0.340 e. The number of piperazine rings is 1. The van der Waals surface area contributed by atoms with E-state index in [1.165, 1.54) is 9.75 Å². The number of nitrogens with two attached hydrogens (primary N) is 1. The summed E-state index contributed by atoms with van der Waals surface area (Å²) >= 11 is 7.88. The molecule has 4 nitrogen and oxygen atoms in total. The Balaban J connectivity index is 1.56. The van der Waals surface area contributed by atoms with E-state index in [0.29, 0.717) is 13.0 Å². The van der Waals surface area contributed by atoms with Crippen LogP contribution in [0.25, 0.3) is 10.4 Å². The average Bonchev–Trinajstić information content (AvgIpc) is 3.04. The van der Waals surface area contributed by atoms with Gasteiger partial charge in [0.25, 0.3) is 0 Å². The van der Waals surface area contributed by atoms with Crippen LogP contribution in [0.5, 0.6) is 0 Å². The molecule has 2 aromatic rings. The van der Waals surface area contributed by atoms with E-state index in [4.69, 9.17) is 17.3 Å². The van der Waals surface area contributed by atoms with E-state index in [9.17, 15) is 4.79 Å². The topological polar surface area (TPSA) is 49.6 Å². The Bertz CT molecular complexity index is 695. The molecule has 1 aliphatic heterocycles. The SMILES string of the molecule is NCCC(=O)N1CCN(Cc2ccc(-c3cccc(Cl)c3)s2)CC1. The molecule has 0 radical (unpaired) electrons. The van der Waals surface area contributed by atoms with Crippen molar-refractivity contribution < 1.29 is 4.79 Å². The van der Waals surface area contributed by atoms with Crippen LogP contribution in [0, 0.1) is 0 Å². The van der Waals surface area contributed by atoms with Crippen LogP contribution in [-0.2, 0) is 11.3 Å². The van der Waals surface area contributed by atoms with Gasteiger partial charge >= 0.3 is 0 Å². The molecule has 3 rings (SSSR count). The Morgan fingerprint density at radius 2 is 1.96 bits per heavy atom. The number of hydrogen-bond acceptors (Lipinski definition) is 4. The predicted octanol–water partition coefficient (Wildman–Crippen LogP) is 3.06. The zero-order chi connectivity index (χ0) is 16.9. The molecular formula is C18H22ClN3OS. The van der Waals surface area contributed by atoms with Gasteiger partial charge in [0.05, 0.1) is 0 Å². The quantitative estimate of drug-likeness (QED) is 0.888. The maximum atomic E-state index is 11.9. The fraction of sp³-hybridized carbons (Fsp3) is 0.389. The second-order valence-corrected chi connectivity index (χ2v) is 7.58. The van der Waals surface area contributed by atoms with Crippen molar-refractivity contribution >= 4 is 28.8 Å². The summed E-state index contributed by atoms with van der Waals surface area (Å²) in [5.41, 5.74) is 6.62. The lowest BCUT2D eigenvalue weighted by molar-refractivity contribution is -0.132. The van der Waals surface area contributed by atoms with Crippen LogP contribution < -0.4 is 5.73 Å². The van der Waals surface area contributed by atoms with Crippen LogP contribution in [0.1, 0.15) is 11.3 Å². The molecule has 0 bridgehead atoms. The van der Waals surface area contributed by atoms with Crippen molar-refractivity contribution in [1.29, 1.82) is 0 Å². The van der Waals surface area contributed by atoms with E-state index in [2.05, 4.69) is 23.1 Å². The molecule has 1 aliphatic rings. The molecular weight excluding hydrogens is 342 g/mol. The fourth-order valence-electron chi connectivity index (χ4n) is 2.92. The molecule has 1 aromatic carbocycles. The molecule has 1 amide bonds. The molecule has 128 valence electrons. The Labute approximate surface area is 151 Å². The summed E-state index contributed by atoms with van der Waals surface area (Å²) in [5, 5.41) is 0.765. The van der Waals surface area contributed by atoms with E-state index in [0.717, 1.165) is 43.3 Å². The highest BCUT2D eigenvalue weighted by Gasteiger charge is 2.20. The van der Waals surface area contributed by atoms with Crippen molar-refractivity contribution in [2.45, 2.75) is 13.0 Å². The van der Waals surface area contributed by atoms with Crippen LogP contribution in [0.4, 0.5) is 0 Å². The van der Waals surface area contributed by atoms with Crippen molar-refractivity contribution in [2.75, 3.05) is 32.7 Å². The van der Waals surface area contributed by atoms with E-state index >= 15 is 0 Å². The Morgan fingerprint density at radius 1 is 1.17 bits per heavy atom. The van der Waals surface area contributed by atoms with Gasteiger partial charge in [0.1, 0.15) is 0 Å². The predicted molar refractivity (Wildman–Crippen MR) is 100 cm³/mol. The van der Waals surface area contributed by atoms with E-state index in [1.54, 1.807) is 11.3 Å². The third-order valence-corrected chi connectivity index (χ3v) is 5.59. The number of hydrogen-bond donors (Lipinski definition) is 1. The summed E-state index contributed by atoms with van der Waals surface area (Å²) in [4.78, 5) is 18.8. The number of halogens is 1. The molecule has 0 unspecified atom stereocenters. The first-order valence-electron chi connectivity index (χ1n) is 8.20. The first kappa shape index (κ1) is 17.4. The lowest BCUT2D eigenvalue weighted by Crippen LogP contribution is -2.48. The van der Waals surface area contributed by atoms with Crippen LogP contribution in [-0.4, -0.2) is 48.4 Å². The molecule has 2 heterocycles. The number of carbonyl (C=O) groups excluding carboxylic acids is 1. The van der Waals surface area contributed by atoms with Gasteiger partial charge in [-0.05, 0) is 29.8 Å². The Kier molecular flexibility index (Phi) is 5.89. The van der Waals surface area contributed by atoms with Gasteiger partial charge in [0, 0.05) is 60.5 Å². The molecule has 1 aromatic heterocycles. The molecule has 6 heteroatoms. The smallest absolute Gasteiger partial charge is 0.223 e. The maximum absolute atomic E-state index is 11.9. The lowest BCUT2D eigenvalue weighted by atomic mass is 10.2. The summed E-state index contributed by atoms with van der Waals surface area (Å²) < 4.78 is 0. The monoisotopic (exact) mass is 363 g/mol. The molecule has 1 saturated heterocycles. The summed E-state index contributed by atoms with van der Waals surface area (Å²) in [6.07, 6.45) is 0.452. The van der Waals surface area contributed by atoms with Crippen molar-refractivity contribution in [1.82, 2.24) is 9.80 Å². The van der Waals surface area contributed by atoms with Gasteiger partial charge in [-0.25, -0.2) is 0 Å². The summed E-state index contributed by atoms with van der Waals surface area (Å²) in [7, 11) is 0. The normalized spacial score (nSPS) is 15.7. The first-order valence-corrected chi connectivity index (χ1v) is 9.40. The Morgan fingerprint density at radius 3 is 2.67 bits per heavy atom. The van der Waals surface area contributed by atoms with Gasteiger partial charge in [-0.2, -0.15) is 0 Å². The van der Waals surface area contributed by atoms with Crippen LogP contribution >= 0.6 is 22.9 Å². The van der Waals surface area contributed by atoms with Crippen molar-refractivity contribution in [3.8, 4) is 10.4 Å². The summed E-state index contributed by atoms with van der Waals surface area (Å²) in [5.74, 6) is 0.177. The molecule has 24 heavy (non-hydrogen) atoms. The van der Waals surface area contributed by atoms with Gasteiger partial charge < -0.3 is 10.6 Å². The number of amides is 1. The zero-order valence-electron chi connectivity index (χ0n) is 13.6. The van der Waals surface area contributed by atoms with Crippen molar-refractivity contribution in [3.63, 3.8) is 0 Å². The second-order valence-electron chi connectivity index (χ2n) is 5.97. The third-order valence-electron chi connectivity index (χ3n) is 4.23. The minimum absolute atomic E-state index is 0.177. The maximum Gasteiger partial charge on any atom is 0.223 e. The van der Waals surface area contributed by atoms with Gasteiger partial charge in [-0.15, -0.1) is 11.3 Å². The minimum atomic E-state index is 0.177.